The molecule has 21 heavy (non-hydrogen) atoms. The third kappa shape index (κ3) is 2.56. The van der Waals surface area contributed by atoms with Gasteiger partial charge in [0.15, 0.2) is 0 Å². The quantitative estimate of drug-likeness (QED) is 0.942. The Kier molecular flexibility index (Phi) is 3.97. The third-order valence-corrected chi connectivity index (χ3v) is 4.49. The molecule has 1 saturated heterocycles. The molecule has 2 aromatic rings. The fraction of sp³-hybridized carbons (Fsp3) is 0.471. The van der Waals surface area contributed by atoms with Crippen molar-refractivity contribution >= 4 is 16.6 Å². The third-order valence-electron chi connectivity index (χ3n) is 4.49. The van der Waals surface area contributed by atoms with Gasteiger partial charge in [-0.2, -0.15) is 0 Å². The van der Waals surface area contributed by atoms with Crippen LogP contribution in [0.2, 0.25) is 0 Å². The number of pyridine rings is 1. The van der Waals surface area contributed by atoms with Gasteiger partial charge in [-0.15, -0.1) is 0 Å². The molecule has 1 aromatic carbocycles. The van der Waals surface area contributed by atoms with Crippen molar-refractivity contribution in [1.29, 1.82) is 0 Å². The minimum atomic E-state index is 0.373. The van der Waals surface area contributed by atoms with Crippen LogP contribution in [0.4, 0.5) is 5.82 Å². The van der Waals surface area contributed by atoms with Gasteiger partial charge in [-0.25, -0.2) is 4.98 Å². The van der Waals surface area contributed by atoms with Crippen LogP contribution >= 0.6 is 0 Å². The molecule has 0 radical (unpaired) electrons. The van der Waals surface area contributed by atoms with E-state index in [1.54, 1.807) is 7.11 Å². The number of aromatic nitrogens is 1. The van der Waals surface area contributed by atoms with Crippen LogP contribution in [0, 0.1) is 5.92 Å². The first kappa shape index (κ1) is 14.1. The molecule has 4 nitrogen and oxygen atoms in total. The lowest BCUT2D eigenvalue weighted by Gasteiger charge is -2.39. The summed E-state index contributed by atoms with van der Waals surface area (Å²) in [5.41, 5.74) is 6.00. The standard InChI is InChI=1S/C17H23N3O/c1-12-7-9-20(13(10-12)11-18)17-15-4-3-5-16(21-2)14(15)6-8-19-17/h3-6,8,12-13H,7,9-11,18H2,1-2H3. The summed E-state index contributed by atoms with van der Waals surface area (Å²) in [6, 6.07) is 8.52. The number of benzene rings is 1. The van der Waals surface area contributed by atoms with E-state index >= 15 is 0 Å². The highest BCUT2D eigenvalue weighted by Crippen LogP contribution is 2.34. The maximum Gasteiger partial charge on any atom is 0.136 e. The smallest absolute Gasteiger partial charge is 0.136 e. The molecular weight excluding hydrogens is 262 g/mol. The summed E-state index contributed by atoms with van der Waals surface area (Å²) in [6.45, 7) is 4.00. The first-order valence-electron chi connectivity index (χ1n) is 7.63. The Hall–Kier alpha value is -1.81. The van der Waals surface area contributed by atoms with Crippen LogP contribution in [-0.2, 0) is 0 Å². The van der Waals surface area contributed by atoms with Crippen LogP contribution in [0.25, 0.3) is 10.8 Å². The molecule has 2 unspecified atom stereocenters. The summed E-state index contributed by atoms with van der Waals surface area (Å²) in [5.74, 6) is 2.67. The average molecular weight is 285 g/mol. The number of methoxy groups -OCH3 is 1. The highest BCUT2D eigenvalue weighted by molar-refractivity contribution is 5.96. The van der Waals surface area contributed by atoms with E-state index in [2.05, 4.69) is 22.9 Å². The molecule has 0 bridgehead atoms. The zero-order valence-electron chi connectivity index (χ0n) is 12.7. The Morgan fingerprint density at radius 2 is 2.19 bits per heavy atom. The predicted molar refractivity (Wildman–Crippen MR) is 86.9 cm³/mol. The van der Waals surface area contributed by atoms with Gasteiger partial charge in [0.25, 0.3) is 0 Å². The molecule has 1 fully saturated rings. The van der Waals surface area contributed by atoms with Gasteiger partial charge in [-0.3, -0.25) is 0 Å². The Morgan fingerprint density at radius 1 is 1.33 bits per heavy atom. The van der Waals surface area contributed by atoms with Crippen molar-refractivity contribution in [2.75, 3.05) is 25.1 Å². The number of piperidine rings is 1. The SMILES string of the molecule is COc1cccc2c(N3CCC(C)CC3CN)nccc12. The molecule has 1 aliphatic rings. The van der Waals surface area contributed by atoms with Crippen molar-refractivity contribution in [1.82, 2.24) is 4.98 Å². The van der Waals surface area contributed by atoms with E-state index in [0.29, 0.717) is 12.6 Å². The van der Waals surface area contributed by atoms with Crippen LogP contribution in [-0.4, -0.2) is 31.2 Å². The van der Waals surface area contributed by atoms with Gasteiger partial charge in [-0.1, -0.05) is 19.1 Å². The van der Waals surface area contributed by atoms with Crippen LogP contribution < -0.4 is 15.4 Å². The van der Waals surface area contributed by atoms with Gasteiger partial charge in [0.05, 0.1) is 7.11 Å². The summed E-state index contributed by atoms with van der Waals surface area (Å²) in [4.78, 5) is 7.02. The number of hydrogen-bond acceptors (Lipinski definition) is 4. The van der Waals surface area contributed by atoms with Gasteiger partial charge in [0.1, 0.15) is 11.6 Å². The molecule has 112 valence electrons. The summed E-state index contributed by atoms with van der Waals surface area (Å²) in [6.07, 6.45) is 4.20. The zero-order valence-corrected chi connectivity index (χ0v) is 12.7. The average Bonchev–Trinajstić information content (AvgIpc) is 2.53. The van der Waals surface area contributed by atoms with Crippen molar-refractivity contribution in [2.45, 2.75) is 25.8 Å². The number of nitrogens with zero attached hydrogens (tertiary/aromatic N) is 2. The lowest BCUT2D eigenvalue weighted by atomic mass is 9.92. The van der Waals surface area contributed by atoms with Crippen LogP contribution in [0.5, 0.6) is 5.75 Å². The monoisotopic (exact) mass is 285 g/mol. The number of anilines is 1. The van der Waals surface area contributed by atoms with E-state index in [1.807, 2.05) is 24.4 Å². The van der Waals surface area contributed by atoms with Crippen molar-refractivity contribution in [3.63, 3.8) is 0 Å². The molecule has 3 rings (SSSR count). The predicted octanol–water partition coefficient (Wildman–Crippen LogP) is 2.81. The van der Waals surface area contributed by atoms with E-state index in [9.17, 15) is 0 Å². The van der Waals surface area contributed by atoms with Crippen molar-refractivity contribution in [3.8, 4) is 5.75 Å². The van der Waals surface area contributed by atoms with Crippen molar-refractivity contribution < 1.29 is 4.74 Å². The molecule has 0 aliphatic carbocycles. The van der Waals surface area contributed by atoms with Crippen molar-refractivity contribution in [3.05, 3.63) is 30.5 Å². The fourth-order valence-electron chi connectivity index (χ4n) is 3.32. The molecule has 2 heterocycles. The number of rotatable bonds is 3. The van der Waals surface area contributed by atoms with E-state index in [1.165, 1.54) is 6.42 Å². The zero-order chi connectivity index (χ0) is 14.8. The topological polar surface area (TPSA) is 51.4 Å². The van der Waals surface area contributed by atoms with Gasteiger partial charge < -0.3 is 15.4 Å². The van der Waals surface area contributed by atoms with Gasteiger partial charge in [0, 0.05) is 36.1 Å². The van der Waals surface area contributed by atoms with E-state index < -0.39 is 0 Å². The normalized spacial score (nSPS) is 22.5. The Morgan fingerprint density at radius 3 is 2.95 bits per heavy atom. The molecule has 2 N–H and O–H groups in total. The number of fused-ring (bicyclic) bond motifs is 1. The van der Waals surface area contributed by atoms with Gasteiger partial charge >= 0.3 is 0 Å². The molecule has 0 spiro atoms. The van der Waals surface area contributed by atoms with Crippen molar-refractivity contribution in [2.24, 2.45) is 11.7 Å². The Bertz CT molecular complexity index is 628. The fourth-order valence-corrected chi connectivity index (χ4v) is 3.32. The van der Waals surface area contributed by atoms with E-state index in [0.717, 1.165) is 41.2 Å². The molecule has 1 aliphatic heterocycles. The highest BCUT2D eigenvalue weighted by Gasteiger charge is 2.27. The summed E-state index contributed by atoms with van der Waals surface area (Å²) in [5, 5.41) is 2.25. The van der Waals surface area contributed by atoms with Gasteiger partial charge in [-0.05, 0) is 30.9 Å². The highest BCUT2D eigenvalue weighted by atomic mass is 16.5. The molecular formula is C17H23N3O. The second kappa shape index (κ2) is 5.90. The summed E-state index contributed by atoms with van der Waals surface area (Å²) in [7, 11) is 1.71. The molecule has 0 amide bonds. The second-order valence-electron chi connectivity index (χ2n) is 5.90. The van der Waals surface area contributed by atoms with E-state index in [-0.39, 0.29) is 0 Å². The Labute approximate surface area is 125 Å². The first-order chi connectivity index (χ1) is 10.2. The first-order valence-corrected chi connectivity index (χ1v) is 7.63. The minimum Gasteiger partial charge on any atom is -0.496 e. The second-order valence-corrected chi connectivity index (χ2v) is 5.90. The maximum atomic E-state index is 6.00. The lowest BCUT2D eigenvalue weighted by Crippen LogP contribution is -2.46. The number of hydrogen-bond donors (Lipinski definition) is 1. The minimum absolute atomic E-state index is 0.373. The van der Waals surface area contributed by atoms with Crippen LogP contribution in [0.3, 0.4) is 0 Å². The molecule has 4 heteroatoms. The summed E-state index contributed by atoms with van der Waals surface area (Å²) >= 11 is 0. The Balaban J connectivity index is 2.07. The molecule has 2 atom stereocenters. The number of nitrogens with two attached hydrogens (primary N) is 1. The summed E-state index contributed by atoms with van der Waals surface area (Å²) < 4.78 is 5.47. The van der Waals surface area contributed by atoms with Crippen LogP contribution in [0.15, 0.2) is 30.5 Å². The molecule has 0 saturated carbocycles. The molecule has 1 aromatic heterocycles. The van der Waals surface area contributed by atoms with Gasteiger partial charge in [0.2, 0.25) is 0 Å². The lowest BCUT2D eigenvalue weighted by molar-refractivity contribution is 0.365. The largest absolute Gasteiger partial charge is 0.496 e. The maximum absolute atomic E-state index is 6.00. The number of ether oxygens (including phenoxy) is 1. The van der Waals surface area contributed by atoms with Crippen LogP contribution in [0.1, 0.15) is 19.8 Å². The van der Waals surface area contributed by atoms with E-state index in [4.69, 9.17) is 10.5 Å².